The van der Waals surface area contributed by atoms with Crippen molar-refractivity contribution in [2.24, 2.45) is 5.73 Å². The molecule has 3 aromatic rings. The van der Waals surface area contributed by atoms with Gasteiger partial charge in [0.1, 0.15) is 36.9 Å². The molecule has 0 aliphatic carbocycles. The number of carbonyl (C=O) groups is 2. The molecule has 0 unspecified atom stereocenters. The number of fused-ring (bicyclic) bond motifs is 1. The summed E-state index contributed by atoms with van der Waals surface area (Å²) in [6.45, 7) is -0.295. The fourth-order valence-electron chi connectivity index (χ4n) is 3.46. The Morgan fingerprint density at radius 3 is 2.68 bits per heavy atom. The zero-order valence-electron chi connectivity index (χ0n) is 15.9. The average molecular weight is 492 g/mol. The molecule has 1 aliphatic rings. The normalized spacial score (nSPS) is 23.2. The number of H-pyrrole nitrogens is 1. The number of aliphatic hydroxyl groups excluding tert-OH is 2. The van der Waals surface area contributed by atoms with Gasteiger partial charge in [0.05, 0.1) is 21.1 Å². The molecule has 0 spiro atoms. The van der Waals surface area contributed by atoms with Gasteiger partial charge in [-0.3, -0.25) is 14.8 Å². The molecule has 1 aromatic carbocycles. The number of ether oxygens (including phenoxy) is 2. The van der Waals surface area contributed by atoms with Gasteiger partial charge in [-0.25, -0.2) is 9.78 Å². The van der Waals surface area contributed by atoms with E-state index >= 15 is 0 Å². The highest BCUT2D eigenvalue weighted by atomic mass is 79.9. The van der Waals surface area contributed by atoms with E-state index in [1.54, 1.807) is 30.3 Å². The van der Waals surface area contributed by atoms with Crippen LogP contribution < -0.4 is 11.2 Å². The summed E-state index contributed by atoms with van der Waals surface area (Å²) in [7, 11) is 0. The van der Waals surface area contributed by atoms with E-state index in [-0.39, 0.29) is 33.3 Å². The Morgan fingerprint density at radius 1 is 1.29 bits per heavy atom. The van der Waals surface area contributed by atoms with Gasteiger partial charge in [-0.1, -0.05) is 18.2 Å². The predicted molar refractivity (Wildman–Crippen MR) is 109 cm³/mol. The molecule has 6 N–H and O–H groups in total. The summed E-state index contributed by atoms with van der Waals surface area (Å²) >= 11 is 3.20. The van der Waals surface area contributed by atoms with Gasteiger partial charge in [0.15, 0.2) is 11.7 Å². The second-order valence-corrected chi connectivity index (χ2v) is 7.71. The molecule has 1 amide bonds. The molecular weight excluding hydrogens is 474 g/mol. The number of nitrogens with two attached hydrogens (primary N) is 1. The van der Waals surface area contributed by atoms with Crippen molar-refractivity contribution in [2.45, 2.75) is 24.5 Å². The highest BCUT2D eigenvalue weighted by Crippen LogP contribution is 2.33. The number of esters is 1. The molecule has 11 nitrogen and oxygen atoms in total. The van der Waals surface area contributed by atoms with E-state index in [4.69, 9.17) is 20.6 Å². The maximum absolute atomic E-state index is 12.1. The largest absolute Gasteiger partial charge is 0.459 e. The summed E-state index contributed by atoms with van der Waals surface area (Å²) < 4.78 is 12.5. The molecule has 0 radical (unpaired) electrons. The number of rotatable bonds is 5. The van der Waals surface area contributed by atoms with E-state index in [1.807, 2.05) is 0 Å². The maximum atomic E-state index is 12.1. The summed E-state index contributed by atoms with van der Waals surface area (Å²) in [6.07, 6.45) is -3.67. The maximum Gasteiger partial charge on any atom is 0.338 e. The van der Waals surface area contributed by atoms with Crippen LogP contribution in [0.5, 0.6) is 0 Å². The van der Waals surface area contributed by atoms with Crippen LogP contribution in [0.15, 0.2) is 41.3 Å². The second kappa shape index (κ2) is 8.23. The molecule has 3 heterocycles. The van der Waals surface area contributed by atoms with Gasteiger partial charge >= 0.3 is 5.97 Å². The fourth-order valence-corrected chi connectivity index (χ4v) is 4.04. The molecule has 4 rings (SSSR count). The van der Waals surface area contributed by atoms with E-state index < -0.39 is 36.4 Å². The van der Waals surface area contributed by atoms with E-state index in [0.29, 0.717) is 5.56 Å². The molecule has 0 saturated carbocycles. The van der Waals surface area contributed by atoms with Crippen molar-refractivity contribution in [1.82, 2.24) is 14.5 Å². The molecule has 4 atom stereocenters. The zero-order chi connectivity index (χ0) is 22.3. The summed E-state index contributed by atoms with van der Waals surface area (Å²) in [6, 6.07) is 8.32. The zero-order valence-corrected chi connectivity index (χ0v) is 17.4. The van der Waals surface area contributed by atoms with Gasteiger partial charge in [0.2, 0.25) is 0 Å². The number of aromatic amines is 1. The predicted octanol–water partition coefficient (Wildman–Crippen LogP) is 0.181. The number of benzene rings is 1. The van der Waals surface area contributed by atoms with Crippen LogP contribution in [0.3, 0.4) is 0 Å². The van der Waals surface area contributed by atoms with Crippen molar-refractivity contribution in [2.75, 3.05) is 6.61 Å². The van der Waals surface area contributed by atoms with Crippen LogP contribution in [-0.4, -0.2) is 61.5 Å². The van der Waals surface area contributed by atoms with Crippen molar-refractivity contribution in [3.05, 3.63) is 57.9 Å². The Bertz CT molecular complexity index is 1210. The summed E-state index contributed by atoms with van der Waals surface area (Å²) in [5, 5.41) is 29.1. The third kappa shape index (κ3) is 3.74. The Hall–Kier alpha value is -3.06. The summed E-state index contributed by atoms with van der Waals surface area (Å²) in [4.78, 5) is 30.8. The van der Waals surface area contributed by atoms with Crippen LogP contribution in [0.4, 0.5) is 0 Å². The average Bonchev–Trinajstić information content (AvgIpc) is 3.25. The third-order valence-corrected chi connectivity index (χ3v) is 5.58. The van der Waals surface area contributed by atoms with E-state index in [0.717, 1.165) is 0 Å². The Kier molecular flexibility index (Phi) is 5.62. The van der Waals surface area contributed by atoms with Crippen LogP contribution in [-0.2, 0) is 9.47 Å². The van der Waals surface area contributed by atoms with Crippen LogP contribution in [0.25, 0.3) is 11.0 Å². The van der Waals surface area contributed by atoms with Crippen molar-refractivity contribution < 1.29 is 29.3 Å². The first-order valence-corrected chi connectivity index (χ1v) is 9.95. The standard InChI is InChI=1S/C19H18BrN5O6/c20-14-10(16(22)28)11-15(21)23-7-25(17(11)24-14)18-13(27)12(26)9(31-18)6-30-19(29)8-4-2-1-3-5-8/h1-5,7,9,12-13,18,21,24,26-27H,6H2,(H2,22,28)/t9-,12+,13-,18-/m0/s1. The minimum absolute atomic E-state index is 0.0308. The first-order chi connectivity index (χ1) is 14.8. The minimum atomic E-state index is -1.40. The molecule has 1 fully saturated rings. The lowest BCUT2D eigenvalue weighted by Crippen LogP contribution is -2.34. The number of halogens is 1. The molecular formula is C19H18BrN5O6. The van der Waals surface area contributed by atoms with Crippen LogP contribution >= 0.6 is 15.9 Å². The number of amides is 1. The van der Waals surface area contributed by atoms with E-state index in [9.17, 15) is 19.8 Å². The van der Waals surface area contributed by atoms with E-state index in [1.165, 1.54) is 10.9 Å². The molecule has 162 valence electrons. The van der Waals surface area contributed by atoms with Crippen molar-refractivity contribution >= 4 is 38.8 Å². The van der Waals surface area contributed by atoms with E-state index in [2.05, 4.69) is 25.9 Å². The summed E-state index contributed by atoms with van der Waals surface area (Å²) in [5.74, 6) is -1.37. The number of hydrogen-bond acceptors (Lipinski definition) is 8. The highest BCUT2D eigenvalue weighted by molar-refractivity contribution is 9.10. The molecule has 1 saturated heterocycles. The smallest absolute Gasteiger partial charge is 0.338 e. The minimum Gasteiger partial charge on any atom is -0.459 e. The van der Waals surface area contributed by atoms with Crippen LogP contribution in [0.2, 0.25) is 0 Å². The number of primary amides is 1. The fraction of sp³-hybridized carbons (Fsp3) is 0.263. The summed E-state index contributed by atoms with van der Waals surface area (Å²) in [5.41, 5.74) is 5.81. The number of nitrogens with zero attached hydrogens (tertiary/aromatic N) is 2. The lowest BCUT2D eigenvalue weighted by molar-refractivity contribution is -0.0569. The van der Waals surface area contributed by atoms with Gasteiger partial charge in [0.25, 0.3) is 5.91 Å². The van der Waals surface area contributed by atoms with Gasteiger partial charge in [-0.2, -0.15) is 0 Å². The molecule has 0 bridgehead atoms. The molecule has 1 aliphatic heterocycles. The van der Waals surface area contributed by atoms with Gasteiger partial charge in [-0.15, -0.1) is 0 Å². The highest BCUT2D eigenvalue weighted by Gasteiger charge is 2.45. The molecule has 2 aromatic heterocycles. The lowest BCUT2D eigenvalue weighted by atomic mass is 10.1. The lowest BCUT2D eigenvalue weighted by Gasteiger charge is -2.19. The Morgan fingerprint density at radius 2 is 2.00 bits per heavy atom. The number of hydrogen-bond donors (Lipinski definition) is 5. The molecule has 12 heteroatoms. The number of nitrogens with one attached hydrogen (secondary N) is 2. The number of carbonyl (C=O) groups excluding carboxylic acids is 2. The number of aromatic nitrogens is 3. The van der Waals surface area contributed by atoms with Gasteiger partial charge in [0, 0.05) is 0 Å². The van der Waals surface area contributed by atoms with Crippen molar-refractivity contribution in [3.8, 4) is 0 Å². The van der Waals surface area contributed by atoms with Gasteiger partial charge in [-0.05, 0) is 28.1 Å². The number of aliphatic hydroxyl groups is 2. The first kappa shape index (κ1) is 21.2. The Balaban J connectivity index is 1.60. The quantitative estimate of drug-likeness (QED) is 0.316. The first-order valence-electron chi connectivity index (χ1n) is 9.16. The topological polar surface area (TPSA) is 177 Å². The van der Waals surface area contributed by atoms with Crippen LogP contribution in [0.1, 0.15) is 26.9 Å². The third-order valence-electron chi connectivity index (χ3n) is 4.99. The molecule has 31 heavy (non-hydrogen) atoms. The van der Waals surface area contributed by atoms with Crippen molar-refractivity contribution in [1.29, 1.82) is 5.41 Å². The van der Waals surface area contributed by atoms with Gasteiger partial charge < -0.3 is 30.4 Å². The van der Waals surface area contributed by atoms with Crippen LogP contribution in [0, 0.1) is 5.41 Å². The van der Waals surface area contributed by atoms with Crippen molar-refractivity contribution in [3.63, 3.8) is 0 Å². The Labute approximate surface area is 183 Å². The SMILES string of the molecule is N=c1ncn([C@H]2O[C@@H](COC(=O)c3ccccc3)[C@@H](O)[C@@H]2O)c2[nH]c(Br)c(C(N)=O)c12. The second-order valence-electron chi connectivity index (χ2n) is 6.91. The monoisotopic (exact) mass is 491 g/mol.